The summed E-state index contributed by atoms with van der Waals surface area (Å²) < 4.78 is 5.44. The van der Waals surface area contributed by atoms with Gasteiger partial charge in [0.1, 0.15) is 0 Å². The molecule has 2 saturated heterocycles. The molecule has 0 aromatic carbocycles. The lowest BCUT2D eigenvalue weighted by molar-refractivity contribution is -0.140. The van der Waals surface area contributed by atoms with Crippen LogP contribution in [0.25, 0.3) is 0 Å². The first-order chi connectivity index (χ1) is 11.3. The van der Waals surface area contributed by atoms with Crippen molar-refractivity contribution < 1.29 is 9.53 Å². The van der Waals surface area contributed by atoms with Crippen molar-refractivity contribution in [2.45, 2.75) is 44.7 Å². The molecule has 1 aromatic heterocycles. The minimum absolute atomic E-state index is 0.168. The fourth-order valence-electron chi connectivity index (χ4n) is 4.33. The molecule has 126 valence electrons. The molecule has 0 bridgehead atoms. The zero-order valence-corrected chi connectivity index (χ0v) is 14.4. The SMILES string of the molecule is O=C(C1CCOCC1)N(Cc1ccsc1)C1CC12CCNCC2. The van der Waals surface area contributed by atoms with Crippen LogP contribution in [0.15, 0.2) is 16.8 Å². The average molecular weight is 334 g/mol. The molecular weight excluding hydrogens is 308 g/mol. The van der Waals surface area contributed by atoms with Crippen molar-refractivity contribution in [3.05, 3.63) is 22.4 Å². The molecule has 1 atom stereocenters. The Morgan fingerprint density at radius 1 is 1.35 bits per heavy atom. The number of hydrogen-bond acceptors (Lipinski definition) is 4. The standard InChI is InChI=1S/C18H26N2O2S/c21-17(15-1-8-22-9-2-15)20(12-14-3-10-23-13-14)16-11-18(16)4-6-19-7-5-18/h3,10,13,15-16,19H,1-2,4-9,11-12H2. The molecule has 1 N–H and O–H groups in total. The molecular formula is C18H26N2O2S. The lowest BCUT2D eigenvalue weighted by Crippen LogP contribution is -2.43. The Kier molecular flexibility index (Phi) is 4.43. The van der Waals surface area contributed by atoms with Crippen LogP contribution in [0.1, 0.15) is 37.7 Å². The first kappa shape index (κ1) is 15.6. The lowest BCUT2D eigenvalue weighted by atomic mass is 9.92. The molecule has 4 nitrogen and oxygen atoms in total. The fourth-order valence-corrected chi connectivity index (χ4v) is 4.99. The number of thiophene rings is 1. The third kappa shape index (κ3) is 3.19. The number of amides is 1. The average Bonchev–Trinajstić information content (AvgIpc) is 3.04. The largest absolute Gasteiger partial charge is 0.381 e. The first-order valence-corrected chi connectivity index (χ1v) is 9.83. The molecule has 4 rings (SSSR count). The summed E-state index contributed by atoms with van der Waals surface area (Å²) in [4.78, 5) is 15.4. The fraction of sp³-hybridized carbons (Fsp3) is 0.722. The summed E-state index contributed by atoms with van der Waals surface area (Å²) >= 11 is 1.72. The van der Waals surface area contributed by atoms with Crippen molar-refractivity contribution in [1.29, 1.82) is 0 Å². The maximum absolute atomic E-state index is 13.2. The molecule has 2 aliphatic heterocycles. The van der Waals surface area contributed by atoms with Gasteiger partial charge in [0.25, 0.3) is 0 Å². The Hall–Kier alpha value is -0.910. The second-order valence-corrected chi connectivity index (χ2v) is 8.10. The van der Waals surface area contributed by atoms with Gasteiger partial charge in [0.2, 0.25) is 5.91 Å². The highest BCUT2D eigenvalue weighted by molar-refractivity contribution is 7.07. The van der Waals surface area contributed by atoms with Gasteiger partial charge in [-0.15, -0.1) is 0 Å². The normalized spacial score (nSPS) is 27.0. The van der Waals surface area contributed by atoms with Crippen LogP contribution >= 0.6 is 11.3 Å². The van der Waals surface area contributed by atoms with Crippen LogP contribution in [0, 0.1) is 11.3 Å². The molecule has 1 spiro atoms. The summed E-state index contributed by atoms with van der Waals surface area (Å²) in [7, 11) is 0. The summed E-state index contributed by atoms with van der Waals surface area (Å²) in [6.07, 6.45) is 5.42. The maximum atomic E-state index is 13.2. The van der Waals surface area contributed by atoms with Crippen LogP contribution in [-0.4, -0.2) is 43.2 Å². The Morgan fingerprint density at radius 3 is 2.83 bits per heavy atom. The van der Waals surface area contributed by atoms with Gasteiger partial charge >= 0.3 is 0 Å². The van der Waals surface area contributed by atoms with E-state index in [-0.39, 0.29) is 5.92 Å². The van der Waals surface area contributed by atoms with E-state index < -0.39 is 0 Å². The van der Waals surface area contributed by atoms with E-state index in [0.29, 0.717) is 17.4 Å². The van der Waals surface area contributed by atoms with E-state index in [9.17, 15) is 4.79 Å². The number of nitrogens with one attached hydrogen (secondary N) is 1. The Labute approximate surface area is 142 Å². The van der Waals surface area contributed by atoms with Gasteiger partial charge in [-0.1, -0.05) is 0 Å². The highest BCUT2D eigenvalue weighted by atomic mass is 32.1. The zero-order chi connectivity index (χ0) is 15.7. The second kappa shape index (κ2) is 6.54. The van der Waals surface area contributed by atoms with Gasteiger partial charge in [-0.2, -0.15) is 11.3 Å². The number of nitrogens with zero attached hydrogens (tertiary/aromatic N) is 1. The van der Waals surface area contributed by atoms with Gasteiger partial charge < -0.3 is 15.0 Å². The number of ether oxygens (including phenoxy) is 1. The smallest absolute Gasteiger partial charge is 0.226 e. The maximum Gasteiger partial charge on any atom is 0.226 e. The third-order valence-electron chi connectivity index (χ3n) is 5.91. The monoisotopic (exact) mass is 334 g/mol. The second-order valence-electron chi connectivity index (χ2n) is 7.32. The molecule has 3 fully saturated rings. The molecule has 3 heterocycles. The zero-order valence-electron chi connectivity index (χ0n) is 13.6. The number of piperidine rings is 1. The quantitative estimate of drug-likeness (QED) is 0.920. The molecule has 23 heavy (non-hydrogen) atoms. The summed E-state index contributed by atoms with van der Waals surface area (Å²) in [6.45, 7) is 4.48. The molecule has 1 amide bonds. The lowest BCUT2D eigenvalue weighted by Gasteiger charge is -2.33. The third-order valence-corrected chi connectivity index (χ3v) is 6.64. The van der Waals surface area contributed by atoms with Crippen LogP contribution in [0.4, 0.5) is 0 Å². The van der Waals surface area contributed by atoms with Crippen LogP contribution < -0.4 is 5.32 Å². The predicted octanol–water partition coefficient (Wildman–Crippen LogP) is 2.65. The molecule has 3 aliphatic rings. The van der Waals surface area contributed by atoms with Crippen LogP contribution in [0.5, 0.6) is 0 Å². The van der Waals surface area contributed by atoms with Crippen molar-refractivity contribution in [2.75, 3.05) is 26.3 Å². The van der Waals surface area contributed by atoms with Gasteiger partial charge in [-0.05, 0) is 73.0 Å². The van der Waals surface area contributed by atoms with Crippen molar-refractivity contribution in [3.63, 3.8) is 0 Å². The molecule has 1 saturated carbocycles. The van der Waals surface area contributed by atoms with Gasteiger partial charge in [0, 0.05) is 31.7 Å². The van der Waals surface area contributed by atoms with E-state index in [2.05, 4.69) is 27.0 Å². The van der Waals surface area contributed by atoms with E-state index in [1.165, 1.54) is 24.8 Å². The highest BCUT2D eigenvalue weighted by Crippen LogP contribution is 2.56. The van der Waals surface area contributed by atoms with Gasteiger partial charge in [0.05, 0.1) is 0 Å². The van der Waals surface area contributed by atoms with Gasteiger partial charge in [-0.3, -0.25) is 4.79 Å². The number of carbonyl (C=O) groups is 1. The summed E-state index contributed by atoms with van der Waals surface area (Å²) in [5, 5.41) is 7.75. The van der Waals surface area contributed by atoms with E-state index >= 15 is 0 Å². The summed E-state index contributed by atoms with van der Waals surface area (Å²) in [5.74, 6) is 0.543. The van der Waals surface area contributed by atoms with Crippen molar-refractivity contribution in [2.24, 2.45) is 11.3 Å². The van der Waals surface area contributed by atoms with Gasteiger partial charge in [0.15, 0.2) is 0 Å². The Balaban J connectivity index is 1.50. The van der Waals surface area contributed by atoms with Crippen molar-refractivity contribution >= 4 is 17.2 Å². The minimum Gasteiger partial charge on any atom is -0.381 e. The van der Waals surface area contributed by atoms with Gasteiger partial charge in [-0.25, -0.2) is 0 Å². The first-order valence-electron chi connectivity index (χ1n) is 8.89. The molecule has 1 aliphatic carbocycles. The van der Waals surface area contributed by atoms with E-state index in [1.54, 1.807) is 11.3 Å². The number of hydrogen-bond donors (Lipinski definition) is 1. The highest BCUT2D eigenvalue weighted by Gasteiger charge is 2.58. The van der Waals surface area contributed by atoms with E-state index in [4.69, 9.17) is 4.74 Å². The summed E-state index contributed by atoms with van der Waals surface area (Å²) in [5.41, 5.74) is 1.69. The molecule has 1 unspecified atom stereocenters. The summed E-state index contributed by atoms with van der Waals surface area (Å²) in [6, 6.07) is 2.62. The number of carbonyl (C=O) groups excluding carboxylic acids is 1. The van der Waals surface area contributed by atoms with Crippen molar-refractivity contribution in [1.82, 2.24) is 10.2 Å². The predicted molar refractivity (Wildman–Crippen MR) is 91.4 cm³/mol. The minimum atomic E-state index is 0.168. The van der Waals surface area contributed by atoms with E-state index in [1.807, 2.05) is 0 Å². The number of rotatable bonds is 4. The molecule has 5 heteroatoms. The van der Waals surface area contributed by atoms with Crippen molar-refractivity contribution in [3.8, 4) is 0 Å². The molecule has 0 radical (unpaired) electrons. The Bertz CT molecular complexity index is 533. The van der Waals surface area contributed by atoms with Crippen LogP contribution in [-0.2, 0) is 16.1 Å². The van der Waals surface area contributed by atoms with Crippen LogP contribution in [0.3, 0.4) is 0 Å². The Morgan fingerprint density at radius 2 is 2.13 bits per heavy atom. The molecule has 1 aromatic rings. The topological polar surface area (TPSA) is 41.6 Å². The van der Waals surface area contributed by atoms with Crippen LogP contribution in [0.2, 0.25) is 0 Å². The van der Waals surface area contributed by atoms with E-state index in [0.717, 1.165) is 45.7 Å².